The van der Waals surface area contributed by atoms with Crippen molar-refractivity contribution in [2.24, 2.45) is 11.8 Å². The predicted molar refractivity (Wildman–Crippen MR) is 66.0 cm³/mol. The topological polar surface area (TPSA) is 12.0 Å². The summed E-state index contributed by atoms with van der Waals surface area (Å²) in [6.07, 6.45) is 11.5. The lowest BCUT2D eigenvalue weighted by Gasteiger charge is -2.29. The van der Waals surface area contributed by atoms with Gasteiger partial charge in [0.1, 0.15) is 0 Å². The van der Waals surface area contributed by atoms with Gasteiger partial charge in [0, 0.05) is 12.1 Å². The summed E-state index contributed by atoms with van der Waals surface area (Å²) in [6.45, 7) is 4.81. The molecule has 1 heteroatoms. The molecule has 2 saturated carbocycles. The Hall–Kier alpha value is -0.0400. The summed E-state index contributed by atoms with van der Waals surface area (Å²) in [5.74, 6) is 1.91. The molecule has 0 aliphatic heterocycles. The summed E-state index contributed by atoms with van der Waals surface area (Å²) < 4.78 is 0. The molecule has 0 heterocycles. The first kappa shape index (κ1) is 11.4. The van der Waals surface area contributed by atoms with Crippen LogP contribution in [-0.2, 0) is 0 Å². The second-order valence-corrected chi connectivity index (χ2v) is 5.71. The Morgan fingerprint density at radius 2 is 1.73 bits per heavy atom. The Morgan fingerprint density at radius 3 is 2.33 bits per heavy atom. The van der Waals surface area contributed by atoms with Crippen molar-refractivity contribution in [1.82, 2.24) is 5.32 Å². The van der Waals surface area contributed by atoms with Gasteiger partial charge in [0.15, 0.2) is 0 Å². The van der Waals surface area contributed by atoms with Crippen LogP contribution in [0.3, 0.4) is 0 Å². The zero-order valence-electron chi connectivity index (χ0n) is 10.5. The Bertz CT molecular complexity index is 184. The largest absolute Gasteiger partial charge is 0.311 e. The first-order chi connectivity index (χ1) is 7.31. The molecule has 0 aromatic rings. The zero-order chi connectivity index (χ0) is 10.7. The van der Waals surface area contributed by atoms with Gasteiger partial charge in [-0.15, -0.1) is 0 Å². The Labute approximate surface area is 95.0 Å². The highest BCUT2D eigenvalue weighted by atomic mass is 15.0. The molecule has 0 amide bonds. The van der Waals surface area contributed by atoms with Gasteiger partial charge in [-0.05, 0) is 37.5 Å². The molecule has 1 N–H and O–H groups in total. The van der Waals surface area contributed by atoms with E-state index in [0.29, 0.717) is 0 Å². The highest BCUT2D eigenvalue weighted by Crippen LogP contribution is 2.34. The quantitative estimate of drug-likeness (QED) is 0.747. The first-order valence-electron chi connectivity index (χ1n) is 7.07. The fourth-order valence-corrected chi connectivity index (χ4v) is 3.63. The van der Waals surface area contributed by atoms with E-state index in [1.54, 1.807) is 0 Å². The van der Waals surface area contributed by atoms with Gasteiger partial charge < -0.3 is 5.32 Å². The van der Waals surface area contributed by atoms with Crippen LogP contribution in [0.15, 0.2) is 0 Å². The van der Waals surface area contributed by atoms with Crippen molar-refractivity contribution in [1.29, 1.82) is 0 Å². The number of nitrogens with one attached hydrogen (secondary N) is 1. The summed E-state index contributed by atoms with van der Waals surface area (Å²) >= 11 is 0. The Kier molecular flexibility index (Phi) is 4.07. The van der Waals surface area contributed by atoms with E-state index in [4.69, 9.17) is 0 Å². The number of hydrogen-bond acceptors (Lipinski definition) is 1. The number of rotatable bonds is 3. The minimum Gasteiger partial charge on any atom is -0.311 e. The van der Waals surface area contributed by atoms with Crippen molar-refractivity contribution < 1.29 is 0 Å². The molecule has 2 rings (SSSR count). The minimum absolute atomic E-state index is 0.832. The molecule has 0 radical (unpaired) electrons. The van der Waals surface area contributed by atoms with E-state index in [1.807, 2.05) is 0 Å². The second-order valence-electron chi connectivity index (χ2n) is 5.71. The maximum Gasteiger partial charge on any atom is 0.00980 e. The van der Waals surface area contributed by atoms with E-state index in [1.165, 1.54) is 51.4 Å². The lowest BCUT2D eigenvalue weighted by atomic mass is 9.91. The summed E-state index contributed by atoms with van der Waals surface area (Å²) in [5, 5.41) is 3.93. The van der Waals surface area contributed by atoms with Crippen LogP contribution >= 0.6 is 0 Å². The first-order valence-corrected chi connectivity index (χ1v) is 7.07. The van der Waals surface area contributed by atoms with Gasteiger partial charge in [0.05, 0.1) is 0 Å². The average molecular weight is 209 g/mol. The van der Waals surface area contributed by atoms with Crippen LogP contribution in [0.25, 0.3) is 0 Å². The molecule has 88 valence electrons. The van der Waals surface area contributed by atoms with Crippen LogP contribution in [0.1, 0.15) is 65.2 Å². The Balaban J connectivity index is 1.79. The van der Waals surface area contributed by atoms with E-state index in [9.17, 15) is 0 Å². The van der Waals surface area contributed by atoms with Gasteiger partial charge in [0.2, 0.25) is 0 Å². The van der Waals surface area contributed by atoms with E-state index in [-0.39, 0.29) is 0 Å². The molecule has 3 atom stereocenters. The van der Waals surface area contributed by atoms with Crippen molar-refractivity contribution in [2.75, 3.05) is 0 Å². The van der Waals surface area contributed by atoms with Crippen molar-refractivity contribution in [2.45, 2.75) is 77.3 Å². The van der Waals surface area contributed by atoms with Gasteiger partial charge in [0.25, 0.3) is 0 Å². The molecule has 2 aliphatic rings. The highest BCUT2D eigenvalue weighted by Gasteiger charge is 2.32. The van der Waals surface area contributed by atoms with E-state index in [2.05, 4.69) is 19.2 Å². The molecule has 15 heavy (non-hydrogen) atoms. The van der Waals surface area contributed by atoms with Crippen LogP contribution in [0, 0.1) is 11.8 Å². The molecular weight excluding hydrogens is 182 g/mol. The standard InChI is InChI=1S/C14H27N/c1-3-12-9-10-14(11(12)2)15-13-7-5-4-6-8-13/h11-15H,3-10H2,1-2H3. The van der Waals surface area contributed by atoms with Crippen molar-refractivity contribution >= 4 is 0 Å². The molecule has 0 saturated heterocycles. The van der Waals surface area contributed by atoms with Crippen LogP contribution in [0.4, 0.5) is 0 Å². The summed E-state index contributed by atoms with van der Waals surface area (Å²) in [4.78, 5) is 0. The third kappa shape index (κ3) is 2.75. The molecule has 0 bridgehead atoms. The Morgan fingerprint density at radius 1 is 1.00 bits per heavy atom. The molecular formula is C14H27N. The molecule has 0 aromatic heterocycles. The molecule has 3 unspecified atom stereocenters. The van der Waals surface area contributed by atoms with E-state index < -0.39 is 0 Å². The van der Waals surface area contributed by atoms with Crippen LogP contribution in [0.2, 0.25) is 0 Å². The lowest BCUT2D eigenvalue weighted by molar-refractivity contribution is 0.284. The van der Waals surface area contributed by atoms with Crippen LogP contribution in [-0.4, -0.2) is 12.1 Å². The van der Waals surface area contributed by atoms with E-state index >= 15 is 0 Å². The lowest BCUT2D eigenvalue weighted by Crippen LogP contribution is -2.41. The monoisotopic (exact) mass is 209 g/mol. The van der Waals surface area contributed by atoms with Gasteiger partial charge in [-0.1, -0.05) is 39.5 Å². The fraction of sp³-hybridized carbons (Fsp3) is 1.00. The minimum atomic E-state index is 0.832. The smallest absolute Gasteiger partial charge is 0.00980 e. The van der Waals surface area contributed by atoms with Gasteiger partial charge in [-0.25, -0.2) is 0 Å². The summed E-state index contributed by atoms with van der Waals surface area (Å²) in [5.41, 5.74) is 0. The van der Waals surface area contributed by atoms with Crippen molar-refractivity contribution in [3.8, 4) is 0 Å². The molecule has 2 aliphatic carbocycles. The third-order valence-electron chi connectivity index (χ3n) is 4.81. The van der Waals surface area contributed by atoms with Crippen molar-refractivity contribution in [3.63, 3.8) is 0 Å². The van der Waals surface area contributed by atoms with Crippen LogP contribution in [0.5, 0.6) is 0 Å². The average Bonchev–Trinajstić information content (AvgIpc) is 2.62. The van der Waals surface area contributed by atoms with Crippen molar-refractivity contribution in [3.05, 3.63) is 0 Å². The second kappa shape index (κ2) is 5.34. The van der Waals surface area contributed by atoms with Gasteiger partial charge >= 0.3 is 0 Å². The van der Waals surface area contributed by atoms with Crippen LogP contribution < -0.4 is 5.32 Å². The SMILES string of the molecule is CCC1CCC(NC2CCCCC2)C1C. The summed E-state index contributed by atoms with van der Waals surface area (Å²) in [6, 6.07) is 1.68. The number of hydrogen-bond donors (Lipinski definition) is 1. The third-order valence-corrected chi connectivity index (χ3v) is 4.81. The van der Waals surface area contributed by atoms with Gasteiger partial charge in [-0.2, -0.15) is 0 Å². The molecule has 0 spiro atoms. The van der Waals surface area contributed by atoms with Gasteiger partial charge in [-0.3, -0.25) is 0 Å². The predicted octanol–water partition coefficient (Wildman–Crippen LogP) is 3.73. The fourth-order valence-electron chi connectivity index (χ4n) is 3.63. The summed E-state index contributed by atoms with van der Waals surface area (Å²) in [7, 11) is 0. The molecule has 2 fully saturated rings. The maximum absolute atomic E-state index is 3.93. The zero-order valence-corrected chi connectivity index (χ0v) is 10.5. The maximum atomic E-state index is 3.93. The van der Waals surface area contributed by atoms with E-state index in [0.717, 1.165) is 23.9 Å². The highest BCUT2D eigenvalue weighted by molar-refractivity contribution is 4.89. The molecule has 1 nitrogen and oxygen atoms in total. The normalized spacial score (nSPS) is 38.4. The molecule has 0 aromatic carbocycles.